The standard InChI is InChI=1S/C55H34N2O/c1-4-19-35(20-5-1)55(36-21-6-2-7-22-36)42-29-14-10-25-38(42)48-43(55)30-18-33-46(48)57-45-32-16-11-26-39(45)49-50-41-28-13-17-34-47(41)58-54(50)53-51(52(49)57)40-27-12-15-31-44(40)56(53)37-23-8-3-9-24-37/h1-34H. The lowest BCUT2D eigenvalue weighted by atomic mass is 9.68. The third kappa shape index (κ3) is 3.92. The highest BCUT2D eigenvalue weighted by molar-refractivity contribution is 6.39. The number of aromatic nitrogens is 2. The maximum Gasteiger partial charge on any atom is 0.160 e. The zero-order valence-corrected chi connectivity index (χ0v) is 31.4. The van der Waals surface area contributed by atoms with Crippen molar-refractivity contribution in [3.05, 3.63) is 229 Å². The third-order valence-electron chi connectivity index (χ3n) is 12.8. The first kappa shape index (κ1) is 31.6. The van der Waals surface area contributed by atoms with Crippen molar-refractivity contribution in [3.63, 3.8) is 0 Å². The van der Waals surface area contributed by atoms with Crippen molar-refractivity contribution in [1.29, 1.82) is 0 Å². The number of benzene rings is 9. The summed E-state index contributed by atoms with van der Waals surface area (Å²) in [5.74, 6) is 0. The number of para-hydroxylation sites is 4. The number of nitrogens with zero attached hydrogens (tertiary/aromatic N) is 2. The smallest absolute Gasteiger partial charge is 0.160 e. The molecule has 0 saturated carbocycles. The number of fused-ring (bicyclic) bond motifs is 15. The summed E-state index contributed by atoms with van der Waals surface area (Å²) in [7, 11) is 0. The maximum atomic E-state index is 7.05. The van der Waals surface area contributed by atoms with E-state index in [1.165, 1.54) is 60.4 Å². The molecule has 0 saturated heterocycles. The second kappa shape index (κ2) is 11.7. The van der Waals surface area contributed by atoms with Gasteiger partial charge in [0.2, 0.25) is 0 Å². The van der Waals surface area contributed by atoms with Crippen molar-refractivity contribution in [1.82, 2.24) is 9.13 Å². The van der Waals surface area contributed by atoms with Crippen LogP contribution in [-0.4, -0.2) is 9.13 Å². The number of rotatable bonds is 4. The minimum atomic E-state index is -0.518. The average Bonchev–Trinajstić information content (AvgIpc) is 4.03. The van der Waals surface area contributed by atoms with Gasteiger partial charge in [0.15, 0.2) is 5.58 Å². The predicted molar refractivity (Wildman–Crippen MR) is 240 cm³/mol. The molecule has 1 aliphatic rings. The van der Waals surface area contributed by atoms with E-state index in [9.17, 15) is 0 Å². The molecule has 1 aliphatic carbocycles. The Morgan fingerprint density at radius 2 is 0.931 bits per heavy atom. The highest BCUT2D eigenvalue weighted by atomic mass is 16.3. The molecule has 0 atom stereocenters. The highest BCUT2D eigenvalue weighted by Crippen LogP contribution is 2.58. The van der Waals surface area contributed by atoms with Crippen LogP contribution in [0.25, 0.3) is 88.1 Å². The molecule has 3 heteroatoms. The summed E-state index contributed by atoms with van der Waals surface area (Å²) in [6, 6.07) is 75.3. The Balaban J connectivity index is 1.29. The Labute approximate surface area is 334 Å². The van der Waals surface area contributed by atoms with Gasteiger partial charge in [-0.15, -0.1) is 0 Å². The van der Waals surface area contributed by atoms with E-state index in [4.69, 9.17) is 4.42 Å². The van der Waals surface area contributed by atoms with Crippen molar-refractivity contribution in [2.75, 3.05) is 0 Å². The molecule has 0 fully saturated rings. The van der Waals surface area contributed by atoms with Crippen molar-refractivity contribution in [2.45, 2.75) is 5.41 Å². The molecule has 58 heavy (non-hydrogen) atoms. The van der Waals surface area contributed by atoms with E-state index in [2.05, 4.69) is 215 Å². The topological polar surface area (TPSA) is 23.0 Å². The second-order valence-corrected chi connectivity index (χ2v) is 15.5. The summed E-state index contributed by atoms with van der Waals surface area (Å²) in [4.78, 5) is 0. The van der Waals surface area contributed by atoms with E-state index < -0.39 is 5.41 Å². The zero-order valence-electron chi connectivity index (χ0n) is 31.4. The number of furan rings is 1. The zero-order chi connectivity index (χ0) is 38.0. The lowest BCUT2D eigenvalue weighted by Crippen LogP contribution is -2.28. The van der Waals surface area contributed by atoms with Crippen LogP contribution in [0, 0.1) is 0 Å². The molecule has 0 aliphatic heterocycles. The van der Waals surface area contributed by atoms with Gasteiger partial charge in [0.05, 0.1) is 33.2 Å². The minimum Gasteiger partial charge on any atom is -0.454 e. The summed E-state index contributed by atoms with van der Waals surface area (Å²) >= 11 is 0. The van der Waals surface area contributed by atoms with Gasteiger partial charge in [-0.25, -0.2) is 0 Å². The van der Waals surface area contributed by atoms with Crippen LogP contribution < -0.4 is 0 Å². The Kier molecular flexibility index (Phi) is 6.37. The Bertz CT molecular complexity index is 3570. The van der Waals surface area contributed by atoms with Crippen LogP contribution in [0.4, 0.5) is 0 Å². The van der Waals surface area contributed by atoms with Crippen LogP contribution in [0.5, 0.6) is 0 Å². The lowest BCUT2D eigenvalue weighted by Gasteiger charge is -2.34. The first-order chi connectivity index (χ1) is 28.8. The molecule has 0 N–H and O–H groups in total. The van der Waals surface area contributed by atoms with E-state index in [0.29, 0.717) is 0 Å². The van der Waals surface area contributed by atoms with Crippen LogP contribution >= 0.6 is 0 Å². The largest absolute Gasteiger partial charge is 0.454 e. The van der Waals surface area contributed by atoms with E-state index in [-0.39, 0.29) is 0 Å². The molecule has 3 aromatic heterocycles. The van der Waals surface area contributed by atoms with Crippen molar-refractivity contribution >= 4 is 65.6 Å². The van der Waals surface area contributed by atoms with Crippen LogP contribution in [-0.2, 0) is 5.41 Å². The second-order valence-electron chi connectivity index (χ2n) is 15.5. The van der Waals surface area contributed by atoms with Gasteiger partial charge in [-0.2, -0.15) is 0 Å². The van der Waals surface area contributed by atoms with E-state index in [0.717, 1.165) is 49.9 Å². The average molecular weight is 739 g/mol. The van der Waals surface area contributed by atoms with Gasteiger partial charge in [0.1, 0.15) is 5.58 Å². The molecule has 0 radical (unpaired) electrons. The van der Waals surface area contributed by atoms with Gasteiger partial charge in [0, 0.05) is 43.6 Å². The van der Waals surface area contributed by atoms with Crippen molar-refractivity contribution in [2.24, 2.45) is 0 Å². The van der Waals surface area contributed by atoms with Gasteiger partial charge in [0.25, 0.3) is 0 Å². The Morgan fingerprint density at radius 3 is 1.66 bits per heavy atom. The molecule has 13 rings (SSSR count). The minimum absolute atomic E-state index is 0.518. The van der Waals surface area contributed by atoms with Gasteiger partial charge in [-0.05, 0) is 64.2 Å². The van der Waals surface area contributed by atoms with E-state index in [1.807, 2.05) is 0 Å². The molecular formula is C55H34N2O. The molecular weight excluding hydrogens is 705 g/mol. The normalized spacial score (nSPS) is 13.3. The molecule has 3 heterocycles. The van der Waals surface area contributed by atoms with Crippen molar-refractivity contribution in [3.8, 4) is 22.5 Å². The van der Waals surface area contributed by atoms with Crippen molar-refractivity contribution < 1.29 is 4.42 Å². The summed E-state index contributed by atoms with van der Waals surface area (Å²) in [5.41, 5.74) is 15.7. The van der Waals surface area contributed by atoms with Gasteiger partial charge in [-0.3, -0.25) is 0 Å². The monoisotopic (exact) mass is 738 g/mol. The first-order valence-corrected chi connectivity index (χ1v) is 20.0. The summed E-state index contributed by atoms with van der Waals surface area (Å²) in [6.07, 6.45) is 0. The molecule has 0 amide bonds. The SMILES string of the molecule is c1ccc(-n2c3ccccc3c3c2c2oc4ccccc4c2c2c4ccccc4n(-c4cccc5c4-c4ccccc4C5(c4ccccc4)c4ccccc4)c23)cc1. The van der Waals surface area contributed by atoms with Crippen LogP contribution in [0.3, 0.4) is 0 Å². The molecule has 0 spiro atoms. The van der Waals surface area contributed by atoms with E-state index >= 15 is 0 Å². The summed E-state index contributed by atoms with van der Waals surface area (Å²) < 4.78 is 12.0. The fraction of sp³-hybridized carbons (Fsp3) is 0.0182. The fourth-order valence-electron chi connectivity index (χ4n) is 10.6. The van der Waals surface area contributed by atoms with Crippen LogP contribution in [0.1, 0.15) is 22.3 Å². The van der Waals surface area contributed by atoms with Crippen LogP contribution in [0.2, 0.25) is 0 Å². The number of hydrogen-bond donors (Lipinski definition) is 0. The molecule has 3 nitrogen and oxygen atoms in total. The summed E-state index contributed by atoms with van der Waals surface area (Å²) in [5, 5.41) is 7.04. The fourth-order valence-corrected chi connectivity index (χ4v) is 10.6. The molecule has 0 bridgehead atoms. The van der Waals surface area contributed by atoms with Crippen LogP contribution in [0.15, 0.2) is 211 Å². The highest BCUT2D eigenvalue weighted by Gasteiger charge is 2.47. The molecule has 9 aromatic carbocycles. The quantitative estimate of drug-likeness (QED) is 0.176. The van der Waals surface area contributed by atoms with E-state index in [1.54, 1.807) is 0 Å². The number of hydrogen-bond acceptors (Lipinski definition) is 1. The van der Waals surface area contributed by atoms with Gasteiger partial charge in [-0.1, -0.05) is 170 Å². The van der Waals surface area contributed by atoms with Gasteiger partial charge >= 0.3 is 0 Å². The summed E-state index contributed by atoms with van der Waals surface area (Å²) in [6.45, 7) is 0. The lowest BCUT2D eigenvalue weighted by molar-refractivity contribution is 0.671. The third-order valence-corrected chi connectivity index (χ3v) is 12.8. The maximum absolute atomic E-state index is 7.05. The Morgan fingerprint density at radius 1 is 0.379 bits per heavy atom. The Hall–Kier alpha value is -7.62. The predicted octanol–water partition coefficient (Wildman–Crippen LogP) is 14.1. The molecule has 0 unspecified atom stereocenters. The molecule has 12 aromatic rings. The van der Waals surface area contributed by atoms with Gasteiger partial charge < -0.3 is 13.6 Å². The molecule has 270 valence electrons. The first-order valence-electron chi connectivity index (χ1n) is 20.0.